The summed E-state index contributed by atoms with van der Waals surface area (Å²) in [5, 5.41) is 4.97. The number of thiophene rings is 1. The van der Waals surface area contributed by atoms with Crippen molar-refractivity contribution in [2.75, 3.05) is 16.8 Å². The first kappa shape index (κ1) is 18.8. The number of nitrogens with zero attached hydrogens (tertiary/aromatic N) is 2. The summed E-state index contributed by atoms with van der Waals surface area (Å²) >= 11 is 15.0. The fourth-order valence-electron chi connectivity index (χ4n) is 3.15. The summed E-state index contributed by atoms with van der Waals surface area (Å²) in [4.78, 5) is 23.5. The molecule has 27 heavy (non-hydrogen) atoms. The van der Waals surface area contributed by atoms with Crippen LogP contribution in [0.5, 0.6) is 0 Å². The van der Waals surface area contributed by atoms with Gasteiger partial charge < -0.3 is 11.1 Å². The Morgan fingerprint density at radius 1 is 1.26 bits per heavy atom. The van der Waals surface area contributed by atoms with Gasteiger partial charge in [0.25, 0.3) is 0 Å². The molecule has 3 N–H and O–H groups in total. The maximum Gasteiger partial charge on any atom is 0.234 e. The zero-order chi connectivity index (χ0) is 19.0. The third-order valence-corrected chi connectivity index (χ3v) is 7.23. The maximum absolute atomic E-state index is 12.2. The highest BCUT2D eigenvalue weighted by Gasteiger charge is 2.20. The van der Waals surface area contributed by atoms with Crippen molar-refractivity contribution in [1.82, 2.24) is 9.97 Å². The largest absolute Gasteiger partial charge is 0.383 e. The maximum atomic E-state index is 12.2. The summed E-state index contributed by atoms with van der Waals surface area (Å²) in [5.74, 6) is 0.441. The Bertz CT molecular complexity index is 1040. The second kappa shape index (κ2) is 7.83. The van der Waals surface area contributed by atoms with E-state index in [-0.39, 0.29) is 11.7 Å². The Balaban J connectivity index is 1.49. The third kappa shape index (κ3) is 3.87. The number of nitrogen functional groups attached to an aromatic ring is 1. The first-order valence-electron chi connectivity index (χ1n) is 8.47. The predicted molar refractivity (Wildman–Crippen MR) is 114 cm³/mol. The van der Waals surface area contributed by atoms with Crippen molar-refractivity contribution in [2.24, 2.45) is 0 Å². The number of nitrogens with one attached hydrogen (secondary N) is 1. The summed E-state index contributed by atoms with van der Waals surface area (Å²) in [5.41, 5.74) is 7.99. The first-order chi connectivity index (χ1) is 13.0. The number of nitrogens with two attached hydrogens (primary N) is 1. The normalized spacial score (nSPS) is 13.6. The van der Waals surface area contributed by atoms with Crippen LogP contribution in [0, 0.1) is 0 Å². The molecular weight excluding hydrogens is 423 g/mol. The predicted octanol–water partition coefficient (Wildman–Crippen LogP) is 5.19. The lowest BCUT2D eigenvalue weighted by Crippen LogP contribution is -2.14. The molecule has 4 rings (SSSR count). The summed E-state index contributed by atoms with van der Waals surface area (Å²) in [7, 11) is 0. The summed E-state index contributed by atoms with van der Waals surface area (Å²) < 4.78 is 0. The molecule has 9 heteroatoms. The van der Waals surface area contributed by atoms with Crippen molar-refractivity contribution in [3.63, 3.8) is 0 Å². The molecule has 0 fully saturated rings. The number of carbonyl (C=O) groups is 1. The molecular formula is C18H16Cl2N4OS2. The number of halogens is 2. The molecule has 0 bridgehead atoms. The van der Waals surface area contributed by atoms with Crippen LogP contribution in [0.2, 0.25) is 10.0 Å². The van der Waals surface area contributed by atoms with Gasteiger partial charge in [-0.1, -0.05) is 41.0 Å². The molecule has 1 aliphatic rings. The molecule has 140 valence electrons. The van der Waals surface area contributed by atoms with Crippen molar-refractivity contribution in [2.45, 2.75) is 30.8 Å². The molecule has 0 saturated heterocycles. The lowest BCUT2D eigenvalue weighted by molar-refractivity contribution is -0.113. The van der Waals surface area contributed by atoms with Gasteiger partial charge in [-0.15, -0.1) is 11.3 Å². The summed E-state index contributed by atoms with van der Waals surface area (Å²) in [6, 6.07) is 5.10. The highest BCUT2D eigenvalue weighted by molar-refractivity contribution is 7.99. The number of hydrogen-bond acceptors (Lipinski definition) is 6. The van der Waals surface area contributed by atoms with Gasteiger partial charge in [0.1, 0.15) is 10.6 Å². The van der Waals surface area contributed by atoms with E-state index in [1.165, 1.54) is 35.0 Å². The smallest absolute Gasteiger partial charge is 0.234 e. The molecule has 0 spiro atoms. The van der Waals surface area contributed by atoms with E-state index in [2.05, 4.69) is 15.3 Å². The molecule has 5 nitrogen and oxygen atoms in total. The van der Waals surface area contributed by atoms with Crippen LogP contribution < -0.4 is 11.1 Å². The number of carbonyl (C=O) groups excluding carboxylic acids is 1. The van der Waals surface area contributed by atoms with Crippen molar-refractivity contribution in [3.8, 4) is 0 Å². The molecule has 0 saturated carbocycles. The second-order valence-electron chi connectivity index (χ2n) is 6.22. The van der Waals surface area contributed by atoms with Gasteiger partial charge in [0, 0.05) is 4.88 Å². The van der Waals surface area contributed by atoms with Gasteiger partial charge in [0.05, 0.1) is 26.9 Å². The van der Waals surface area contributed by atoms with Gasteiger partial charge >= 0.3 is 0 Å². The van der Waals surface area contributed by atoms with Crippen LogP contribution in [0.15, 0.2) is 23.4 Å². The molecule has 0 atom stereocenters. The van der Waals surface area contributed by atoms with E-state index in [1.807, 2.05) is 0 Å². The number of amides is 1. The molecule has 1 amide bonds. The molecule has 2 aromatic heterocycles. The average Bonchev–Trinajstić information content (AvgIpc) is 3.02. The second-order valence-corrected chi connectivity index (χ2v) is 9.03. The van der Waals surface area contributed by atoms with E-state index in [0.29, 0.717) is 26.7 Å². The molecule has 0 radical (unpaired) electrons. The molecule has 1 aliphatic carbocycles. The summed E-state index contributed by atoms with van der Waals surface area (Å²) in [6.45, 7) is 0. The Hall–Kier alpha value is -1.54. The van der Waals surface area contributed by atoms with E-state index < -0.39 is 0 Å². The molecule has 1 aromatic carbocycles. The number of aromatic nitrogens is 2. The number of benzene rings is 1. The van der Waals surface area contributed by atoms with Gasteiger partial charge in [-0.2, -0.15) is 0 Å². The van der Waals surface area contributed by atoms with Gasteiger partial charge in [0.2, 0.25) is 5.91 Å². The Morgan fingerprint density at radius 3 is 2.93 bits per heavy atom. The van der Waals surface area contributed by atoms with Crippen LogP contribution in [-0.2, 0) is 17.6 Å². The fourth-order valence-corrected chi connectivity index (χ4v) is 5.47. The van der Waals surface area contributed by atoms with Crippen molar-refractivity contribution < 1.29 is 4.79 Å². The molecule has 0 aliphatic heterocycles. The monoisotopic (exact) mass is 438 g/mol. The van der Waals surface area contributed by atoms with E-state index in [9.17, 15) is 4.79 Å². The Morgan fingerprint density at radius 2 is 2.07 bits per heavy atom. The minimum atomic E-state index is -0.211. The van der Waals surface area contributed by atoms with Crippen molar-refractivity contribution >= 4 is 73.9 Å². The quantitative estimate of drug-likeness (QED) is 0.432. The number of thioether (sulfide) groups is 1. The van der Waals surface area contributed by atoms with Gasteiger partial charge in [0.15, 0.2) is 5.16 Å². The van der Waals surface area contributed by atoms with Crippen molar-refractivity contribution in [3.05, 3.63) is 38.7 Å². The van der Waals surface area contributed by atoms with E-state index in [1.54, 1.807) is 29.5 Å². The number of rotatable bonds is 4. The number of hydrogen-bond donors (Lipinski definition) is 2. The minimum absolute atomic E-state index is 0.152. The van der Waals surface area contributed by atoms with Crippen LogP contribution in [0.25, 0.3) is 10.2 Å². The van der Waals surface area contributed by atoms with Gasteiger partial charge in [-0.05, 0) is 43.4 Å². The topological polar surface area (TPSA) is 80.9 Å². The lowest BCUT2D eigenvalue weighted by Gasteiger charge is -2.10. The first-order valence-corrected chi connectivity index (χ1v) is 11.0. The number of fused-ring (bicyclic) bond motifs is 3. The average molecular weight is 439 g/mol. The zero-order valence-corrected chi connectivity index (χ0v) is 17.4. The van der Waals surface area contributed by atoms with Crippen LogP contribution in [0.4, 0.5) is 11.5 Å². The van der Waals surface area contributed by atoms with Crippen LogP contribution >= 0.6 is 46.3 Å². The van der Waals surface area contributed by atoms with E-state index in [4.69, 9.17) is 28.9 Å². The summed E-state index contributed by atoms with van der Waals surface area (Å²) in [6.07, 6.45) is 4.52. The molecule has 3 aromatic rings. The zero-order valence-electron chi connectivity index (χ0n) is 14.2. The van der Waals surface area contributed by atoms with Crippen LogP contribution in [0.1, 0.15) is 23.3 Å². The van der Waals surface area contributed by atoms with Gasteiger partial charge in [-0.3, -0.25) is 4.79 Å². The van der Waals surface area contributed by atoms with Gasteiger partial charge in [-0.25, -0.2) is 9.97 Å². The SMILES string of the molecule is Nc1nc(SCC(=O)Nc2cccc(Cl)c2Cl)nc2sc3c(c12)CCCC3. The van der Waals surface area contributed by atoms with Crippen molar-refractivity contribution in [1.29, 1.82) is 0 Å². The lowest BCUT2D eigenvalue weighted by atomic mass is 9.97. The highest BCUT2D eigenvalue weighted by atomic mass is 35.5. The number of anilines is 2. The standard InChI is InChI=1S/C18H16Cl2N4OS2/c19-10-5-3-6-11(15(10)20)22-13(25)8-26-18-23-16(21)14-9-4-1-2-7-12(9)27-17(14)24-18/h3,5-6H,1-2,4,7-8H2,(H,22,25)(H2,21,23,24). The number of aryl methyl sites for hydroxylation is 2. The molecule has 2 heterocycles. The highest BCUT2D eigenvalue weighted by Crippen LogP contribution is 2.38. The Labute approximate surface area is 174 Å². The van der Waals surface area contributed by atoms with E-state index >= 15 is 0 Å². The molecule has 0 unspecified atom stereocenters. The third-order valence-electron chi connectivity index (χ3n) is 4.38. The minimum Gasteiger partial charge on any atom is -0.383 e. The van der Waals surface area contributed by atoms with Crippen LogP contribution in [-0.4, -0.2) is 21.6 Å². The Kier molecular flexibility index (Phi) is 5.45. The van der Waals surface area contributed by atoms with Crippen LogP contribution in [0.3, 0.4) is 0 Å². The van der Waals surface area contributed by atoms with E-state index in [0.717, 1.165) is 23.1 Å². The fraction of sp³-hybridized carbons (Fsp3) is 0.278.